The second kappa shape index (κ2) is 3.43. The molecule has 0 rings (SSSR count). The molecule has 0 aromatic rings. The molecule has 3 heteroatoms. The Morgan fingerprint density at radius 2 is 2.38 bits per heavy atom. The molecule has 47 valence electrons. The summed E-state index contributed by atoms with van der Waals surface area (Å²) in [7, 11) is 3.35. The molecule has 1 radical (unpaired) electrons. The van der Waals surface area contributed by atoms with Crippen molar-refractivity contribution in [3.05, 3.63) is 7.05 Å². The fourth-order valence-corrected chi connectivity index (χ4v) is 0.278. The van der Waals surface area contributed by atoms with Crippen molar-refractivity contribution < 1.29 is 9.90 Å². The number of hydrogen-bond acceptors (Lipinski definition) is 2. The summed E-state index contributed by atoms with van der Waals surface area (Å²) in [6.45, 7) is 1.70. The quantitative estimate of drug-likeness (QED) is 0.534. The summed E-state index contributed by atoms with van der Waals surface area (Å²) < 4.78 is 0. The number of hydrogen-bond donors (Lipinski definition) is 1. The molecular weight excluding hydrogens is 106 g/mol. The van der Waals surface area contributed by atoms with Gasteiger partial charge in [0, 0.05) is 20.5 Å². The van der Waals surface area contributed by atoms with Crippen LogP contribution >= 0.6 is 0 Å². The number of amides is 1. The lowest BCUT2D eigenvalue weighted by Crippen LogP contribution is -2.24. The van der Waals surface area contributed by atoms with E-state index in [1.165, 1.54) is 11.8 Å². The summed E-state index contributed by atoms with van der Waals surface area (Å²) >= 11 is 0. The van der Waals surface area contributed by atoms with Gasteiger partial charge in [0.2, 0.25) is 5.91 Å². The Bertz CT molecular complexity index is 82.5. The molecule has 0 heterocycles. The fourth-order valence-electron chi connectivity index (χ4n) is 0.278. The molecule has 0 bridgehead atoms. The maximum Gasteiger partial charge on any atom is 0.219 e. The third-order valence-electron chi connectivity index (χ3n) is 0.815. The van der Waals surface area contributed by atoms with Gasteiger partial charge < -0.3 is 10.0 Å². The van der Waals surface area contributed by atoms with E-state index in [-0.39, 0.29) is 12.5 Å². The number of carbonyl (C=O) groups excluding carboxylic acids is 1. The zero-order valence-corrected chi connectivity index (χ0v) is 4.92. The zero-order valence-electron chi connectivity index (χ0n) is 4.92. The Morgan fingerprint density at radius 1 is 1.88 bits per heavy atom. The van der Waals surface area contributed by atoms with Gasteiger partial charge >= 0.3 is 0 Å². The SMILES string of the molecule is [CH2]N(CCO)C(C)=O. The molecular formula is C5H10NO2. The van der Waals surface area contributed by atoms with Gasteiger partial charge in [-0.1, -0.05) is 0 Å². The van der Waals surface area contributed by atoms with Crippen LogP contribution < -0.4 is 0 Å². The first-order valence-corrected chi connectivity index (χ1v) is 2.38. The molecule has 0 saturated carbocycles. The summed E-state index contributed by atoms with van der Waals surface area (Å²) in [4.78, 5) is 11.5. The molecule has 3 nitrogen and oxygen atoms in total. The van der Waals surface area contributed by atoms with Gasteiger partial charge in [0.1, 0.15) is 0 Å². The van der Waals surface area contributed by atoms with Crippen molar-refractivity contribution in [3.63, 3.8) is 0 Å². The molecule has 0 aromatic heterocycles. The molecule has 0 aromatic carbocycles. The van der Waals surface area contributed by atoms with Crippen LogP contribution in [0.3, 0.4) is 0 Å². The largest absolute Gasteiger partial charge is 0.395 e. The van der Waals surface area contributed by atoms with Gasteiger partial charge in [0.05, 0.1) is 6.61 Å². The van der Waals surface area contributed by atoms with E-state index in [2.05, 4.69) is 7.05 Å². The summed E-state index contributed by atoms with van der Waals surface area (Å²) in [6.07, 6.45) is 0. The third-order valence-corrected chi connectivity index (χ3v) is 0.815. The first-order chi connectivity index (χ1) is 3.68. The second-order valence-corrected chi connectivity index (χ2v) is 1.51. The molecule has 0 aliphatic carbocycles. The molecule has 0 aliphatic rings. The fraction of sp³-hybridized carbons (Fsp3) is 0.600. The highest BCUT2D eigenvalue weighted by atomic mass is 16.3. The summed E-state index contributed by atoms with van der Waals surface area (Å²) in [5.74, 6) is -0.126. The summed E-state index contributed by atoms with van der Waals surface area (Å²) in [6, 6.07) is 0. The van der Waals surface area contributed by atoms with Crippen LogP contribution in [0.5, 0.6) is 0 Å². The smallest absolute Gasteiger partial charge is 0.219 e. The molecule has 0 unspecified atom stereocenters. The molecule has 8 heavy (non-hydrogen) atoms. The Kier molecular flexibility index (Phi) is 3.19. The summed E-state index contributed by atoms with van der Waals surface area (Å²) in [5, 5.41) is 8.25. The van der Waals surface area contributed by atoms with Gasteiger partial charge in [-0.3, -0.25) is 4.79 Å². The van der Waals surface area contributed by atoms with Gasteiger partial charge in [-0.05, 0) is 0 Å². The number of rotatable bonds is 2. The first kappa shape index (κ1) is 7.43. The minimum atomic E-state index is -0.126. The number of aliphatic hydroxyl groups is 1. The molecule has 1 N–H and O–H groups in total. The van der Waals surface area contributed by atoms with Crippen LogP contribution in [-0.4, -0.2) is 29.1 Å². The van der Waals surface area contributed by atoms with E-state index in [9.17, 15) is 4.79 Å². The van der Waals surface area contributed by atoms with Crippen LogP contribution in [-0.2, 0) is 4.79 Å². The summed E-state index contributed by atoms with van der Waals surface area (Å²) in [5.41, 5.74) is 0. The number of nitrogens with zero attached hydrogens (tertiary/aromatic N) is 1. The van der Waals surface area contributed by atoms with Crippen LogP contribution in [0, 0.1) is 7.05 Å². The van der Waals surface area contributed by atoms with E-state index in [4.69, 9.17) is 5.11 Å². The van der Waals surface area contributed by atoms with Gasteiger partial charge in [0.15, 0.2) is 0 Å². The highest BCUT2D eigenvalue weighted by Crippen LogP contribution is 1.81. The Morgan fingerprint density at radius 3 is 2.50 bits per heavy atom. The Hall–Kier alpha value is -0.570. The van der Waals surface area contributed by atoms with Crippen LogP contribution in [0.4, 0.5) is 0 Å². The molecule has 0 atom stereocenters. The van der Waals surface area contributed by atoms with Crippen LogP contribution in [0.15, 0.2) is 0 Å². The van der Waals surface area contributed by atoms with Gasteiger partial charge in [-0.2, -0.15) is 0 Å². The minimum absolute atomic E-state index is 0.0247. The lowest BCUT2D eigenvalue weighted by atomic mass is 10.5. The standard InChI is InChI=1S/C5H10NO2/c1-5(8)6(2)3-4-7/h7H,2-4H2,1H3. The predicted molar refractivity (Wildman–Crippen MR) is 29.8 cm³/mol. The molecule has 1 amide bonds. The average molecular weight is 116 g/mol. The lowest BCUT2D eigenvalue weighted by Gasteiger charge is -2.10. The maximum absolute atomic E-state index is 10.3. The highest BCUT2D eigenvalue weighted by Gasteiger charge is 1.97. The Balaban J connectivity index is 3.32. The topological polar surface area (TPSA) is 40.5 Å². The van der Waals surface area contributed by atoms with Crippen molar-refractivity contribution in [1.29, 1.82) is 0 Å². The molecule has 0 aliphatic heterocycles. The maximum atomic E-state index is 10.3. The number of carbonyl (C=O) groups is 1. The van der Waals surface area contributed by atoms with E-state index >= 15 is 0 Å². The third kappa shape index (κ3) is 2.58. The monoisotopic (exact) mass is 116 g/mol. The van der Waals surface area contributed by atoms with Crippen molar-refractivity contribution in [2.75, 3.05) is 13.2 Å². The van der Waals surface area contributed by atoms with E-state index in [1.807, 2.05) is 0 Å². The number of aliphatic hydroxyl groups excluding tert-OH is 1. The van der Waals surface area contributed by atoms with Crippen molar-refractivity contribution >= 4 is 5.91 Å². The molecule has 0 fully saturated rings. The Labute approximate surface area is 48.9 Å². The first-order valence-electron chi connectivity index (χ1n) is 2.38. The van der Waals surface area contributed by atoms with Crippen molar-refractivity contribution in [2.24, 2.45) is 0 Å². The van der Waals surface area contributed by atoms with Gasteiger partial charge in [0.25, 0.3) is 0 Å². The average Bonchev–Trinajstić information content (AvgIpc) is 1.67. The highest BCUT2D eigenvalue weighted by molar-refractivity contribution is 5.73. The van der Waals surface area contributed by atoms with Crippen LogP contribution in [0.2, 0.25) is 0 Å². The van der Waals surface area contributed by atoms with E-state index in [0.717, 1.165) is 0 Å². The van der Waals surface area contributed by atoms with Crippen molar-refractivity contribution in [2.45, 2.75) is 6.92 Å². The lowest BCUT2D eigenvalue weighted by molar-refractivity contribution is -0.126. The predicted octanol–water partition coefficient (Wildman–Crippen LogP) is -0.381. The van der Waals surface area contributed by atoms with Gasteiger partial charge in [-0.25, -0.2) is 0 Å². The van der Waals surface area contributed by atoms with Crippen molar-refractivity contribution in [1.82, 2.24) is 4.90 Å². The van der Waals surface area contributed by atoms with Crippen LogP contribution in [0.25, 0.3) is 0 Å². The molecule has 0 saturated heterocycles. The minimum Gasteiger partial charge on any atom is -0.395 e. The molecule has 0 spiro atoms. The zero-order chi connectivity index (χ0) is 6.57. The van der Waals surface area contributed by atoms with Crippen molar-refractivity contribution in [3.8, 4) is 0 Å². The van der Waals surface area contributed by atoms with Crippen LogP contribution in [0.1, 0.15) is 6.92 Å². The van der Waals surface area contributed by atoms with E-state index in [0.29, 0.717) is 6.54 Å². The van der Waals surface area contributed by atoms with E-state index in [1.54, 1.807) is 0 Å². The second-order valence-electron chi connectivity index (χ2n) is 1.51. The van der Waals surface area contributed by atoms with E-state index < -0.39 is 0 Å². The normalized spacial score (nSPS) is 8.88. The van der Waals surface area contributed by atoms with Gasteiger partial charge in [-0.15, -0.1) is 0 Å².